The predicted octanol–water partition coefficient (Wildman–Crippen LogP) is 2.23. The second-order valence-corrected chi connectivity index (χ2v) is 4.05. The SMILES string of the molecule is COc1ccc2[nH]cc([C@@H](N)C(F)(F)CO)c2c1.Cl. The third-order valence-corrected chi connectivity index (χ3v) is 2.92. The number of aromatic nitrogens is 1. The van der Waals surface area contributed by atoms with Gasteiger partial charge in [0.05, 0.1) is 13.2 Å². The molecule has 1 atom stereocenters. The summed E-state index contributed by atoms with van der Waals surface area (Å²) >= 11 is 0. The van der Waals surface area contributed by atoms with E-state index in [9.17, 15) is 8.78 Å². The standard InChI is InChI=1S/C12H14F2N2O2.ClH/c1-18-7-2-3-10-8(4-7)9(5-16-10)11(15)12(13,14)6-17;/h2-5,11,16-17H,6,15H2,1H3;1H/t11-;/m1./s1. The van der Waals surface area contributed by atoms with Crippen LogP contribution < -0.4 is 10.5 Å². The van der Waals surface area contributed by atoms with Gasteiger partial charge in [-0.05, 0) is 18.2 Å². The van der Waals surface area contributed by atoms with Crippen LogP contribution in [0.25, 0.3) is 10.9 Å². The molecule has 0 aliphatic rings. The topological polar surface area (TPSA) is 71.3 Å². The number of nitrogens with two attached hydrogens (primary N) is 1. The molecule has 19 heavy (non-hydrogen) atoms. The minimum Gasteiger partial charge on any atom is -0.497 e. The second kappa shape index (κ2) is 5.73. The van der Waals surface area contributed by atoms with Crippen LogP contribution in [-0.4, -0.2) is 29.7 Å². The molecule has 106 valence electrons. The third kappa shape index (κ3) is 2.80. The van der Waals surface area contributed by atoms with Crippen molar-refractivity contribution >= 4 is 23.3 Å². The number of alkyl halides is 2. The molecule has 0 aliphatic heterocycles. The quantitative estimate of drug-likeness (QED) is 0.809. The average Bonchev–Trinajstić information content (AvgIpc) is 2.80. The summed E-state index contributed by atoms with van der Waals surface area (Å²) in [7, 11) is 1.50. The Morgan fingerprint density at radius 3 is 2.74 bits per heavy atom. The highest BCUT2D eigenvalue weighted by Crippen LogP contribution is 2.34. The number of fused-ring (bicyclic) bond motifs is 1. The zero-order chi connectivity index (χ0) is 13.3. The Morgan fingerprint density at radius 2 is 2.16 bits per heavy atom. The van der Waals surface area contributed by atoms with Gasteiger partial charge >= 0.3 is 0 Å². The van der Waals surface area contributed by atoms with Crippen molar-refractivity contribution < 1.29 is 18.6 Å². The number of aromatic amines is 1. The number of aliphatic hydroxyl groups is 1. The van der Waals surface area contributed by atoms with Crippen molar-refractivity contribution in [2.75, 3.05) is 13.7 Å². The second-order valence-electron chi connectivity index (χ2n) is 4.05. The van der Waals surface area contributed by atoms with E-state index < -0.39 is 18.6 Å². The maximum atomic E-state index is 13.4. The van der Waals surface area contributed by atoms with E-state index in [1.165, 1.54) is 13.3 Å². The summed E-state index contributed by atoms with van der Waals surface area (Å²) in [5.74, 6) is -2.80. The maximum Gasteiger partial charge on any atom is 0.289 e. The lowest BCUT2D eigenvalue weighted by molar-refractivity contribution is -0.0708. The van der Waals surface area contributed by atoms with Gasteiger partial charge in [-0.1, -0.05) is 0 Å². The first kappa shape index (κ1) is 15.7. The lowest BCUT2D eigenvalue weighted by Gasteiger charge is -2.21. The number of H-pyrrole nitrogens is 1. The molecule has 0 saturated heterocycles. The number of aliphatic hydroxyl groups excluding tert-OH is 1. The van der Waals surface area contributed by atoms with Crippen LogP contribution in [0.2, 0.25) is 0 Å². The van der Waals surface area contributed by atoms with Crippen molar-refractivity contribution in [3.8, 4) is 5.75 Å². The van der Waals surface area contributed by atoms with Crippen molar-refractivity contribution in [1.82, 2.24) is 4.98 Å². The smallest absolute Gasteiger partial charge is 0.289 e. The van der Waals surface area contributed by atoms with Crippen LogP contribution in [0, 0.1) is 0 Å². The number of rotatable bonds is 4. The first-order valence-corrected chi connectivity index (χ1v) is 5.39. The highest BCUT2D eigenvalue weighted by molar-refractivity contribution is 5.85. The molecular formula is C12H15ClF2N2O2. The molecule has 0 unspecified atom stereocenters. The molecule has 0 saturated carbocycles. The number of hydrogen-bond donors (Lipinski definition) is 3. The third-order valence-electron chi connectivity index (χ3n) is 2.92. The van der Waals surface area contributed by atoms with Gasteiger partial charge in [0, 0.05) is 22.7 Å². The summed E-state index contributed by atoms with van der Waals surface area (Å²) in [5, 5.41) is 9.24. The Bertz CT molecular complexity index is 560. The van der Waals surface area contributed by atoms with Crippen molar-refractivity contribution in [1.29, 1.82) is 0 Å². The van der Waals surface area contributed by atoms with Crippen LogP contribution in [-0.2, 0) is 0 Å². The fourth-order valence-electron chi connectivity index (χ4n) is 1.83. The van der Waals surface area contributed by atoms with Crippen LogP contribution in [0.5, 0.6) is 5.75 Å². The van der Waals surface area contributed by atoms with Crippen LogP contribution >= 0.6 is 12.4 Å². The van der Waals surface area contributed by atoms with Crippen molar-refractivity contribution in [2.24, 2.45) is 5.73 Å². The van der Waals surface area contributed by atoms with E-state index in [2.05, 4.69) is 4.98 Å². The van der Waals surface area contributed by atoms with E-state index in [-0.39, 0.29) is 18.0 Å². The zero-order valence-corrected chi connectivity index (χ0v) is 11.0. The molecule has 0 bridgehead atoms. The molecule has 4 N–H and O–H groups in total. The van der Waals surface area contributed by atoms with Crippen LogP contribution in [0.3, 0.4) is 0 Å². The molecule has 1 aromatic carbocycles. The molecule has 0 radical (unpaired) electrons. The van der Waals surface area contributed by atoms with Gasteiger partial charge in [-0.15, -0.1) is 12.4 Å². The normalized spacial score (nSPS) is 13.1. The molecule has 1 aromatic heterocycles. The highest BCUT2D eigenvalue weighted by Gasteiger charge is 2.38. The summed E-state index contributed by atoms with van der Waals surface area (Å²) in [6.45, 7) is -1.29. The molecule has 2 aromatic rings. The highest BCUT2D eigenvalue weighted by atomic mass is 35.5. The number of methoxy groups -OCH3 is 1. The maximum absolute atomic E-state index is 13.4. The van der Waals surface area contributed by atoms with E-state index in [0.29, 0.717) is 16.7 Å². The van der Waals surface area contributed by atoms with Crippen molar-refractivity contribution in [3.63, 3.8) is 0 Å². The minimum atomic E-state index is -3.36. The summed E-state index contributed by atoms with van der Waals surface area (Å²) in [5.41, 5.74) is 6.46. The van der Waals surface area contributed by atoms with E-state index in [0.717, 1.165) is 0 Å². The van der Waals surface area contributed by atoms with Gasteiger partial charge in [0.1, 0.15) is 12.4 Å². The Morgan fingerprint density at radius 1 is 1.47 bits per heavy atom. The summed E-state index contributed by atoms with van der Waals surface area (Å²) < 4.78 is 31.8. The lowest BCUT2D eigenvalue weighted by atomic mass is 10.0. The van der Waals surface area contributed by atoms with E-state index in [1.807, 2.05) is 0 Å². The number of hydrogen-bond acceptors (Lipinski definition) is 3. The molecule has 0 amide bonds. The molecule has 4 nitrogen and oxygen atoms in total. The first-order valence-electron chi connectivity index (χ1n) is 5.39. The van der Waals surface area contributed by atoms with Crippen LogP contribution in [0.1, 0.15) is 11.6 Å². The first-order chi connectivity index (χ1) is 8.49. The fourth-order valence-corrected chi connectivity index (χ4v) is 1.83. The molecular weight excluding hydrogens is 278 g/mol. The Kier molecular flexibility index (Phi) is 4.73. The minimum absolute atomic E-state index is 0. The average molecular weight is 293 g/mol. The number of nitrogens with one attached hydrogen (secondary N) is 1. The Balaban J connectivity index is 0.00000180. The summed E-state index contributed by atoms with van der Waals surface area (Å²) in [4.78, 5) is 2.87. The Labute approximate surface area is 115 Å². The lowest BCUT2D eigenvalue weighted by Crippen LogP contribution is -2.36. The van der Waals surface area contributed by atoms with Gasteiger partial charge in [-0.3, -0.25) is 0 Å². The van der Waals surface area contributed by atoms with Gasteiger partial charge in [0.25, 0.3) is 5.92 Å². The number of halogens is 3. The van der Waals surface area contributed by atoms with Gasteiger partial charge < -0.3 is 20.6 Å². The number of ether oxygens (including phenoxy) is 1. The van der Waals surface area contributed by atoms with Gasteiger partial charge in [0.2, 0.25) is 0 Å². The van der Waals surface area contributed by atoms with E-state index in [1.54, 1.807) is 18.2 Å². The van der Waals surface area contributed by atoms with E-state index in [4.69, 9.17) is 15.6 Å². The van der Waals surface area contributed by atoms with Gasteiger partial charge in [-0.25, -0.2) is 8.78 Å². The summed E-state index contributed by atoms with van der Waals surface area (Å²) in [6, 6.07) is 3.51. The van der Waals surface area contributed by atoms with E-state index >= 15 is 0 Å². The Hall–Kier alpha value is -1.37. The molecule has 1 heterocycles. The van der Waals surface area contributed by atoms with Gasteiger partial charge in [-0.2, -0.15) is 0 Å². The predicted molar refractivity (Wildman–Crippen MR) is 71.1 cm³/mol. The fraction of sp³-hybridized carbons (Fsp3) is 0.333. The van der Waals surface area contributed by atoms with Crippen molar-refractivity contribution in [2.45, 2.75) is 12.0 Å². The molecule has 0 fully saturated rings. The number of benzene rings is 1. The summed E-state index contributed by atoms with van der Waals surface area (Å²) in [6.07, 6.45) is 1.43. The largest absolute Gasteiger partial charge is 0.497 e. The van der Waals surface area contributed by atoms with Gasteiger partial charge in [0.15, 0.2) is 0 Å². The van der Waals surface area contributed by atoms with Crippen LogP contribution in [0.4, 0.5) is 8.78 Å². The molecule has 0 aliphatic carbocycles. The molecule has 7 heteroatoms. The molecule has 2 rings (SSSR count). The van der Waals surface area contributed by atoms with Crippen molar-refractivity contribution in [3.05, 3.63) is 30.0 Å². The zero-order valence-electron chi connectivity index (χ0n) is 10.2. The monoisotopic (exact) mass is 292 g/mol. The molecule has 0 spiro atoms. The van der Waals surface area contributed by atoms with Crippen LogP contribution in [0.15, 0.2) is 24.4 Å².